The third kappa shape index (κ3) is 6.12. The Hall–Kier alpha value is -2.82. The van der Waals surface area contributed by atoms with Crippen LogP contribution < -0.4 is 15.4 Å². The van der Waals surface area contributed by atoms with Crippen molar-refractivity contribution in [1.29, 1.82) is 0 Å². The van der Waals surface area contributed by atoms with E-state index in [9.17, 15) is 9.59 Å². The summed E-state index contributed by atoms with van der Waals surface area (Å²) in [5, 5.41) is 5.67. The zero-order chi connectivity index (χ0) is 20.9. The number of rotatable bonds is 6. The number of anilines is 2. The number of aryl methyl sites for hydroxylation is 1. The Labute approximate surface area is 167 Å². The fourth-order valence-electron chi connectivity index (χ4n) is 2.58. The lowest BCUT2D eigenvalue weighted by molar-refractivity contribution is -0.123. The molecule has 2 N–H and O–H groups in total. The Morgan fingerprint density at radius 1 is 1.00 bits per heavy atom. The van der Waals surface area contributed by atoms with Crippen LogP contribution >= 0.6 is 0 Å². The van der Waals surface area contributed by atoms with Crippen molar-refractivity contribution in [2.24, 2.45) is 5.41 Å². The molecule has 0 heterocycles. The van der Waals surface area contributed by atoms with Crippen LogP contribution in [0.15, 0.2) is 42.5 Å². The number of carbonyl (C=O) groups excluding carboxylic acids is 2. The third-order valence-corrected chi connectivity index (χ3v) is 4.24. The van der Waals surface area contributed by atoms with E-state index in [-0.39, 0.29) is 18.4 Å². The minimum absolute atomic E-state index is 0.0816. The predicted octanol–water partition coefficient (Wildman–Crippen LogP) is 5.12. The standard InChI is InChI=1S/C23H30N2O3/c1-15(2)19-11-10-16(3)12-20(19)28-14-21(26)24-17-8-7-9-18(13-17)25-22(27)23(4,5)6/h7-13,15H,14H2,1-6H3,(H,24,26)(H,25,27). The summed E-state index contributed by atoms with van der Waals surface area (Å²) in [6.45, 7) is 11.6. The smallest absolute Gasteiger partial charge is 0.262 e. The van der Waals surface area contributed by atoms with Crippen LogP contribution in [0, 0.1) is 12.3 Å². The number of hydrogen-bond donors (Lipinski definition) is 2. The lowest BCUT2D eigenvalue weighted by Gasteiger charge is -2.18. The molecule has 2 amide bonds. The summed E-state index contributed by atoms with van der Waals surface area (Å²) in [6, 6.07) is 13.1. The zero-order valence-corrected chi connectivity index (χ0v) is 17.6. The molecule has 0 aliphatic heterocycles. The Bertz CT molecular complexity index is 851. The fraction of sp³-hybridized carbons (Fsp3) is 0.391. The van der Waals surface area contributed by atoms with Crippen LogP contribution in [0.25, 0.3) is 0 Å². The average molecular weight is 383 g/mol. The highest BCUT2D eigenvalue weighted by Crippen LogP contribution is 2.27. The Morgan fingerprint density at radius 2 is 1.64 bits per heavy atom. The average Bonchev–Trinajstić information content (AvgIpc) is 2.59. The van der Waals surface area contributed by atoms with Gasteiger partial charge in [0.15, 0.2) is 6.61 Å². The van der Waals surface area contributed by atoms with Crippen molar-refractivity contribution in [3.8, 4) is 5.75 Å². The van der Waals surface area contributed by atoms with Crippen molar-refractivity contribution >= 4 is 23.2 Å². The minimum atomic E-state index is -0.491. The van der Waals surface area contributed by atoms with Crippen LogP contribution in [0.3, 0.4) is 0 Å². The Kier molecular flexibility index (Phi) is 6.84. The van der Waals surface area contributed by atoms with Crippen LogP contribution in [0.4, 0.5) is 11.4 Å². The van der Waals surface area contributed by atoms with E-state index in [1.54, 1.807) is 24.3 Å². The molecule has 0 aromatic heterocycles. The van der Waals surface area contributed by atoms with E-state index < -0.39 is 5.41 Å². The second kappa shape index (κ2) is 8.91. The van der Waals surface area contributed by atoms with Gasteiger partial charge < -0.3 is 15.4 Å². The molecule has 0 bridgehead atoms. The van der Waals surface area contributed by atoms with Crippen molar-refractivity contribution in [3.05, 3.63) is 53.6 Å². The number of carbonyl (C=O) groups is 2. The quantitative estimate of drug-likeness (QED) is 0.728. The van der Waals surface area contributed by atoms with Crippen LogP contribution in [0.1, 0.15) is 51.7 Å². The number of nitrogens with one attached hydrogen (secondary N) is 2. The first-order valence-electron chi connectivity index (χ1n) is 9.51. The molecule has 150 valence electrons. The molecule has 0 fully saturated rings. The lowest BCUT2D eigenvalue weighted by atomic mass is 9.95. The van der Waals surface area contributed by atoms with E-state index in [4.69, 9.17) is 4.74 Å². The number of benzene rings is 2. The van der Waals surface area contributed by atoms with Gasteiger partial charge >= 0.3 is 0 Å². The van der Waals surface area contributed by atoms with Crippen molar-refractivity contribution in [2.45, 2.75) is 47.5 Å². The van der Waals surface area contributed by atoms with E-state index in [1.807, 2.05) is 45.9 Å². The van der Waals surface area contributed by atoms with Crippen LogP contribution in [0.5, 0.6) is 5.75 Å². The highest BCUT2D eigenvalue weighted by molar-refractivity contribution is 5.96. The van der Waals surface area contributed by atoms with Crippen molar-refractivity contribution < 1.29 is 14.3 Å². The molecule has 5 heteroatoms. The first-order chi connectivity index (χ1) is 13.1. The molecular formula is C23H30N2O3. The molecule has 0 aliphatic rings. The van der Waals surface area contributed by atoms with E-state index in [0.29, 0.717) is 17.3 Å². The molecule has 0 spiro atoms. The van der Waals surface area contributed by atoms with Crippen LogP contribution in [-0.2, 0) is 9.59 Å². The SMILES string of the molecule is Cc1ccc(C(C)C)c(OCC(=O)Nc2cccc(NC(=O)C(C)(C)C)c2)c1. The fourth-order valence-corrected chi connectivity index (χ4v) is 2.58. The van der Waals surface area contributed by atoms with E-state index in [0.717, 1.165) is 16.9 Å². The third-order valence-electron chi connectivity index (χ3n) is 4.24. The second-order valence-electron chi connectivity index (χ2n) is 8.32. The van der Waals surface area contributed by atoms with Crippen LogP contribution in [-0.4, -0.2) is 18.4 Å². The normalized spacial score (nSPS) is 11.2. The number of hydrogen-bond acceptors (Lipinski definition) is 3. The molecule has 0 radical (unpaired) electrons. The molecule has 0 aliphatic carbocycles. The minimum Gasteiger partial charge on any atom is -0.483 e. The largest absolute Gasteiger partial charge is 0.483 e. The van der Waals surface area contributed by atoms with E-state index >= 15 is 0 Å². The van der Waals surface area contributed by atoms with Gasteiger partial charge in [0.25, 0.3) is 5.91 Å². The van der Waals surface area contributed by atoms with Gasteiger partial charge in [-0.1, -0.05) is 52.8 Å². The van der Waals surface area contributed by atoms with Gasteiger partial charge in [-0.05, 0) is 48.2 Å². The predicted molar refractivity (Wildman–Crippen MR) is 114 cm³/mol. The summed E-state index contributed by atoms with van der Waals surface area (Å²) in [7, 11) is 0. The summed E-state index contributed by atoms with van der Waals surface area (Å²) in [6.07, 6.45) is 0. The van der Waals surface area contributed by atoms with Gasteiger partial charge in [-0.25, -0.2) is 0 Å². The molecule has 2 aromatic rings. The first kappa shape index (κ1) is 21.5. The van der Waals surface area contributed by atoms with Gasteiger partial charge in [-0.3, -0.25) is 9.59 Å². The molecule has 5 nitrogen and oxygen atoms in total. The van der Waals surface area contributed by atoms with E-state index in [1.165, 1.54) is 0 Å². The van der Waals surface area contributed by atoms with Gasteiger partial charge in [0.1, 0.15) is 5.75 Å². The summed E-state index contributed by atoms with van der Waals surface area (Å²) in [4.78, 5) is 24.4. The van der Waals surface area contributed by atoms with Gasteiger partial charge in [0.2, 0.25) is 5.91 Å². The van der Waals surface area contributed by atoms with Gasteiger partial charge in [0.05, 0.1) is 0 Å². The van der Waals surface area contributed by atoms with Gasteiger partial charge in [-0.2, -0.15) is 0 Å². The molecule has 28 heavy (non-hydrogen) atoms. The number of ether oxygens (including phenoxy) is 1. The van der Waals surface area contributed by atoms with Gasteiger partial charge in [0, 0.05) is 16.8 Å². The highest BCUT2D eigenvalue weighted by Gasteiger charge is 2.21. The lowest BCUT2D eigenvalue weighted by Crippen LogP contribution is -2.27. The Morgan fingerprint density at radius 3 is 2.25 bits per heavy atom. The Balaban J connectivity index is 2.00. The maximum absolute atomic E-state index is 12.3. The molecule has 0 saturated heterocycles. The highest BCUT2D eigenvalue weighted by atomic mass is 16.5. The molecular weight excluding hydrogens is 352 g/mol. The molecule has 0 saturated carbocycles. The number of amides is 2. The van der Waals surface area contributed by atoms with Gasteiger partial charge in [-0.15, -0.1) is 0 Å². The summed E-state index contributed by atoms with van der Waals surface area (Å²) >= 11 is 0. The van der Waals surface area contributed by atoms with Crippen molar-refractivity contribution in [1.82, 2.24) is 0 Å². The molecule has 2 rings (SSSR count). The molecule has 0 unspecified atom stereocenters. The first-order valence-corrected chi connectivity index (χ1v) is 9.51. The molecule has 0 atom stereocenters. The van der Waals surface area contributed by atoms with E-state index in [2.05, 4.69) is 24.5 Å². The maximum Gasteiger partial charge on any atom is 0.262 e. The monoisotopic (exact) mass is 382 g/mol. The van der Waals surface area contributed by atoms with Crippen molar-refractivity contribution in [2.75, 3.05) is 17.2 Å². The zero-order valence-electron chi connectivity index (χ0n) is 17.6. The second-order valence-corrected chi connectivity index (χ2v) is 8.32. The maximum atomic E-state index is 12.3. The molecule has 2 aromatic carbocycles. The van der Waals surface area contributed by atoms with Crippen LogP contribution in [0.2, 0.25) is 0 Å². The summed E-state index contributed by atoms with van der Waals surface area (Å²) in [5.41, 5.74) is 2.91. The van der Waals surface area contributed by atoms with Crippen molar-refractivity contribution in [3.63, 3.8) is 0 Å². The topological polar surface area (TPSA) is 67.4 Å². The summed E-state index contributed by atoms with van der Waals surface area (Å²) in [5.74, 6) is 0.702. The summed E-state index contributed by atoms with van der Waals surface area (Å²) < 4.78 is 5.77.